The van der Waals surface area contributed by atoms with Crippen molar-refractivity contribution in [3.05, 3.63) is 12.7 Å². The highest BCUT2D eigenvalue weighted by molar-refractivity contribution is 7.89. The highest BCUT2D eigenvalue weighted by Gasteiger charge is 2.23. The second-order valence-electron chi connectivity index (χ2n) is 4.00. The van der Waals surface area contributed by atoms with Crippen molar-refractivity contribution in [3.8, 4) is 0 Å². The molecule has 0 aliphatic carbocycles. The molecular formula is C11H22N4O3S. The molecule has 0 saturated carbocycles. The quantitative estimate of drug-likeness (QED) is 0.372. The monoisotopic (exact) mass is 290 g/mol. The third kappa shape index (κ3) is 5.58. The summed E-state index contributed by atoms with van der Waals surface area (Å²) in [6.07, 6.45) is 1.71. The summed E-state index contributed by atoms with van der Waals surface area (Å²) in [5, 5.41) is 5.93. The third-order valence-corrected chi connectivity index (χ3v) is 4.53. The van der Waals surface area contributed by atoms with Gasteiger partial charge in [-0.1, -0.05) is 6.08 Å². The average molecular weight is 290 g/mol. The number of aliphatic imine (C=N–C) groups is 1. The normalized spacial score (nSPS) is 18.1. The summed E-state index contributed by atoms with van der Waals surface area (Å²) in [6, 6.07) is 0. The number of nitrogens with one attached hydrogen (secondary N) is 2. The van der Waals surface area contributed by atoms with Gasteiger partial charge >= 0.3 is 0 Å². The van der Waals surface area contributed by atoms with Gasteiger partial charge in [-0.15, -0.1) is 6.58 Å². The zero-order chi connectivity index (χ0) is 14.1. The largest absolute Gasteiger partial charge is 0.379 e. The minimum absolute atomic E-state index is 0.0434. The Bertz CT molecular complexity index is 402. The molecule has 0 aromatic carbocycles. The van der Waals surface area contributed by atoms with Gasteiger partial charge in [-0.3, -0.25) is 4.99 Å². The molecule has 0 aromatic rings. The smallest absolute Gasteiger partial charge is 0.215 e. The Morgan fingerprint density at radius 2 is 2.11 bits per heavy atom. The van der Waals surface area contributed by atoms with Gasteiger partial charge in [0.1, 0.15) is 0 Å². The topological polar surface area (TPSA) is 83.0 Å². The van der Waals surface area contributed by atoms with Crippen LogP contribution in [-0.4, -0.2) is 70.9 Å². The Hall–Kier alpha value is -1.12. The number of rotatable bonds is 6. The van der Waals surface area contributed by atoms with Crippen LogP contribution < -0.4 is 10.6 Å². The lowest BCUT2D eigenvalue weighted by atomic mass is 10.5. The van der Waals surface area contributed by atoms with Crippen molar-refractivity contribution in [2.24, 2.45) is 4.99 Å². The molecule has 0 atom stereocenters. The molecule has 8 heteroatoms. The minimum atomic E-state index is -3.22. The van der Waals surface area contributed by atoms with E-state index in [2.05, 4.69) is 22.2 Å². The average Bonchev–Trinajstić information content (AvgIpc) is 2.43. The van der Waals surface area contributed by atoms with Crippen molar-refractivity contribution in [1.82, 2.24) is 14.9 Å². The van der Waals surface area contributed by atoms with E-state index in [1.165, 1.54) is 4.31 Å². The summed E-state index contributed by atoms with van der Waals surface area (Å²) in [5.74, 6) is 0.610. The summed E-state index contributed by atoms with van der Waals surface area (Å²) < 4.78 is 30.7. The molecule has 0 amide bonds. The summed E-state index contributed by atoms with van der Waals surface area (Å²) >= 11 is 0. The Balaban J connectivity index is 2.36. The summed E-state index contributed by atoms with van der Waals surface area (Å²) in [5.41, 5.74) is 0. The number of sulfonamides is 1. The van der Waals surface area contributed by atoms with E-state index in [4.69, 9.17) is 4.74 Å². The number of morpholine rings is 1. The van der Waals surface area contributed by atoms with Crippen LogP contribution in [0, 0.1) is 0 Å². The molecule has 0 radical (unpaired) electrons. The van der Waals surface area contributed by atoms with E-state index in [0.717, 1.165) is 0 Å². The fraction of sp³-hybridized carbons (Fsp3) is 0.727. The van der Waals surface area contributed by atoms with E-state index >= 15 is 0 Å². The van der Waals surface area contributed by atoms with E-state index in [1.54, 1.807) is 13.1 Å². The van der Waals surface area contributed by atoms with Gasteiger partial charge in [-0.25, -0.2) is 8.42 Å². The van der Waals surface area contributed by atoms with E-state index < -0.39 is 10.0 Å². The first kappa shape index (κ1) is 15.9. The second kappa shape index (κ2) is 8.13. The van der Waals surface area contributed by atoms with E-state index in [0.29, 0.717) is 45.4 Å². The predicted molar refractivity (Wildman–Crippen MR) is 75.7 cm³/mol. The third-order valence-electron chi connectivity index (χ3n) is 2.65. The molecule has 1 saturated heterocycles. The molecule has 1 rings (SSSR count). The molecular weight excluding hydrogens is 268 g/mol. The fourth-order valence-electron chi connectivity index (χ4n) is 1.64. The maximum Gasteiger partial charge on any atom is 0.215 e. The van der Waals surface area contributed by atoms with Gasteiger partial charge in [0.2, 0.25) is 10.0 Å². The predicted octanol–water partition coefficient (Wildman–Crippen LogP) is -1.00. The standard InChI is InChI=1S/C11H22N4O3S/c1-3-4-13-11(12-2)14-5-10-19(16,17)15-6-8-18-9-7-15/h3H,1,4-10H2,2H3,(H2,12,13,14). The van der Waals surface area contributed by atoms with Crippen LogP contribution in [0.2, 0.25) is 0 Å². The van der Waals surface area contributed by atoms with Crippen LogP contribution >= 0.6 is 0 Å². The van der Waals surface area contributed by atoms with Crippen LogP contribution in [0.1, 0.15) is 0 Å². The van der Waals surface area contributed by atoms with Gasteiger partial charge in [0, 0.05) is 33.2 Å². The maximum absolute atomic E-state index is 12.0. The Kier molecular flexibility index (Phi) is 6.82. The van der Waals surface area contributed by atoms with E-state index in [1.807, 2.05) is 0 Å². The minimum Gasteiger partial charge on any atom is -0.379 e. The molecule has 2 N–H and O–H groups in total. The molecule has 110 valence electrons. The first-order valence-electron chi connectivity index (χ1n) is 6.21. The number of hydrogen-bond donors (Lipinski definition) is 2. The van der Waals surface area contributed by atoms with Crippen molar-refractivity contribution < 1.29 is 13.2 Å². The first-order chi connectivity index (χ1) is 9.10. The summed E-state index contributed by atoms with van der Waals surface area (Å²) in [6.45, 7) is 6.29. The Labute approximate surface area is 114 Å². The Morgan fingerprint density at radius 3 is 2.68 bits per heavy atom. The van der Waals surface area contributed by atoms with E-state index in [-0.39, 0.29) is 5.75 Å². The molecule has 1 aliphatic rings. The first-order valence-corrected chi connectivity index (χ1v) is 7.82. The van der Waals surface area contributed by atoms with Crippen molar-refractivity contribution in [2.45, 2.75) is 0 Å². The molecule has 19 heavy (non-hydrogen) atoms. The van der Waals surface area contributed by atoms with Crippen molar-refractivity contribution in [1.29, 1.82) is 0 Å². The van der Waals surface area contributed by atoms with Crippen LogP contribution in [0.4, 0.5) is 0 Å². The molecule has 1 heterocycles. The number of hydrogen-bond acceptors (Lipinski definition) is 4. The molecule has 1 fully saturated rings. The maximum atomic E-state index is 12.0. The van der Waals surface area contributed by atoms with Crippen LogP contribution in [0.5, 0.6) is 0 Å². The fourth-order valence-corrected chi connectivity index (χ4v) is 2.97. The molecule has 7 nitrogen and oxygen atoms in total. The highest BCUT2D eigenvalue weighted by atomic mass is 32.2. The van der Waals surface area contributed by atoms with Crippen molar-refractivity contribution in [3.63, 3.8) is 0 Å². The van der Waals surface area contributed by atoms with Crippen molar-refractivity contribution in [2.75, 3.05) is 52.2 Å². The lowest BCUT2D eigenvalue weighted by molar-refractivity contribution is 0.0730. The molecule has 0 bridgehead atoms. The second-order valence-corrected chi connectivity index (χ2v) is 6.08. The highest BCUT2D eigenvalue weighted by Crippen LogP contribution is 2.04. The van der Waals surface area contributed by atoms with E-state index in [9.17, 15) is 8.42 Å². The van der Waals surface area contributed by atoms with Gasteiger partial charge in [0.05, 0.1) is 19.0 Å². The molecule has 1 aliphatic heterocycles. The lowest BCUT2D eigenvalue weighted by Crippen LogP contribution is -2.45. The number of ether oxygens (including phenoxy) is 1. The van der Waals surface area contributed by atoms with Gasteiger partial charge < -0.3 is 15.4 Å². The zero-order valence-electron chi connectivity index (χ0n) is 11.3. The Morgan fingerprint density at radius 1 is 1.42 bits per heavy atom. The van der Waals surface area contributed by atoms with Gasteiger partial charge in [0.15, 0.2) is 5.96 Å². The van der Waals surface area contributed by atoms with Gasteiger partial charge in [-0.2, -0.15) is 4.31 Å². The number of nitrogens with zero attached hydrogens (tertiary/aromatic N) is 2. The van der Waals surface area contributed by atoms with Crippen LogP contribution in [0.15, 0.2) is 17.6 Å². The van der Waals surface area contributed by atoms with Crippen LogP contribution in [0.3, 0.4) is 0 Å². The number of guanidine groups is 1. The SMILES string of the molecule is C=CCNC(=NC)NCCS(=O)(=O)N1CCOCC1. The molecule has 0 spiro atoms. The van der Waals surface area contributed by atoms with Gasteiger partial charge in [0.25, 0.3) is 0 Å². The lowest BCUT2D eigenvalue weighted by Gasteiger charge is -2.26. The summed E-state index contributed by atoms with van der Waals surface area (Å²) in [4.78, 5) is 3.98. The van der Waals surface area contributed by atoms with Crippen LogP contribution in [-0.2, 0) is 14.8 Å². The molecule has 0 unspecified atom stereocenters. The van der Waals surface area contributed by atoms with Crippen LogP contribution in [0.25, 0.3) is 0 Å². The van der Waals surface area contributed by atoms with Gasteiger partial charge in [-0.05, 0) is 0 Å². The molecule has 0 aromatic heterocycles. The zero-order valence-corrected chi connectivity index (χ0v) is 12.1. The summed E-state index contributed by atoms with van der Waals surface area (Å²) in [7, 11) is -1.59. The van der Waals surface area contributed by atoms with Crippen molar-refractivity contribution >= 4 is 16.0 Å².